The van der Waals surface area contributed by atoms with E-state index in [0.29, 0.717) is 5.92 Å². The van der Waals surface area contributed by atoms with Crippen molar-refractivity contribution in [1.29, 1.82) is 0 Å². The molecule has 0 amide bonds. The molecule has 1 saturated carbocycles. The van der Waals surface area contributed by atoms with Gasteiger partial charge in [0.1, 0.15) is 0 Å². The smallest absolute Gasteiger partial charge is 0.0662 e. The Morgan fingerprint density at radius 3 is 2.33 bits per heavy atom. The first kappa shape index (κ1) is 16.5. The van der Waals surface area contributed by atoms with Crippen LogP contribution in [0.2, 0.25) is 0 Å². The Hall–Kier alpha value is -0.920. The molecule has 1 heterocycles. The van der Waals surface area contributed by atoms with Crippen LogP contribution in [-0.4, -0.2) is 10.2 Å². The van der Waals surface area contributed by atoms with Gasteiger partial charge in [-0.1, -0.05) is 46.0 Å². The predicted molar refractivity (Wildman–Crippen MR) is 89.5 cm³/mol. The molecule has 0 bridgehead atoms. The van der Waals surface area contributed by atoms with Crippen molar-refractivity contribution in [2.75, 3.05) is 0 Å². The third kappa shape index (κ3) is 5.41. The van der Waals surface area contributed by atoms with E-state index in [2.05, 4.69) is 36.2 Å². The maximum Gasteiger partial charge on any atom is 0.0662 e. The van der Waals surface area contributed by atoms with E-state index in [1.165, 1.54) is 75.6 Å². The highest BCUT2D eigenvalue weighted by atomic mass is 15.1. The van der Waals surface area contributed by atoms with Gasteiger partial charge in [-0.25, -0.2) is 0 Å². The molecule has 118 valence electrons. The van der Waals surface area contributed by atoms with Crippen LogP contribution in [0.4, 0.5) is 0 Å². The molecule has 0 unspecified atom stereocenters. The molecular weight excluding hydrogens is 256 g/mol. The first-order chi connectivity index (χ1) is 10.3. The minimum atomic E-state index is 0.666. The van der Waals surface area contributed by atoms with Crippen LogP contribution in [0.3, 0.4) is 0 Å². The summed E-state index contributed by atoms with van der Waals surface area (Å²) in [6.07, 6.45) is 14.5. The Kier molecular flexibility index (Phi) is 7.18. The van der Waals surface area contributed by atoms with E-state index >= 15 is 0 Å². The average molecular weight is 288 g/mol. The molecule has 2 nitrogen and oxygen atoms in total. The zero-order chi connectivity index (χ0) is 14.9. The number of nitrogens with zero attached hydrogens (tertiary/aromatic N) is 2. The second kappa shape index (κ2) is 9.17. The Labute approximate surface area is 130 Å². The standard InChI is InChI=1S/C19H32N2/c1-3-5-6-7-9-18-14-15-19(21-20-18)17-12-10-16(8-4-2)11-13-17/h14-17H,3-13H2,1-2H3. The number of unbranched alkanes of at least 4 members (excludes halogenated alkanes) is 3. The van der Waals surface area contributed by atoms with Gasteiger partial charge in [0.25, 0.3) is 0 Å². The summed E-state index contributed by atoms with van der Waals surface area (Å²) in [6, 6.07) is 4.46. The van der Waals surface area contributed by atoms with Gasteiger partial charge < -0.3 is 0 Å². The van der Waals surface area contributed by atoms with E-state index in [-0.39, 0.29) is 0 Å². The molecule has 2 rings (SSSR count). The lowest BCUT2D eigenvalue weighted by Gasteiger charge is -2.27. The quantitative estimate of drug-likeness (QED) is 0.576. The topological polar surface area (TPSA) is 25.8 Å². The molecule has 0 saturated heterocycles. The molecule has 1 aromatic heterocycles. The summed E-state index contributed by atoms with van der Waals surface area (Å²) in [6.45, 7) is 4.56. The molecule has 0 spiro atoms. The number of rotatable bonds is 8. The van der Waals surface area contributed by atoms with E-state index < -0.39 is 0 Å². The number of hydrogen-bond acceptors (Lipinski definition) is 2. The van der Waals surface area contributed by atoms with Crippen LogP contribution in [-0.2, 0) is 6.42 Å². The van der Waals surface area contributed by atoms with E-state index in [1.54, 1.807) is 0 Å². The van der Waals surface area contributed by atoms with E-state index in [4.69, 9.17) is 0 Å². The second-order valence-corrected chi connectivity index (χ2v) is 6.77. The van der Waals surface area contributed by atoms with Crippen molar-refractivity contribution < 1.29 is 0 Å². The average Bonchev–Trinajstić information content (AvgIpc) is 2.53. The Morgan fingerprint density at radius 1 is 0.905 bits per heavy atom. The van der Waals surface area contributed by atoms with E-state index in [0.717, 1.165) is 12.3 Å². The molecule has 0 aliphatic heterocycles. The molecule has 0 radical (unpaired) electrons. The van der Waals surface area contributed by atoms with Crippen molar-refractivity contribution in [3.8, 4) is 0 Å². The van der Waals surface area contributed by atoms with Crippen molar-refractivity contribution in [2.24, 2.45) is 5.92 Å². The van der Waals surface area contributed by atoms with Crippen LogP contribution in [0.25, 0.3) is 0 Å². The van der Waals surface area contributed by atoms with Crippen molar-refractivity contribution in [3.05, 3.63) is 23.5 Å². The first-order valence-electron chi connectivity index (χ1n) is 9.16. The van der Waals surface area contributed by atoms with Crippen molar-refractivity contribution >= 4 is 0 Å². The number of aryl methyl sites for hydroxylation is 1. The van der Waals surface area contributed by atoms with Crippen LogP contribution in [0, 0.1) is 5.92 Å². The molecule has 1 aliphatic carbocycles. The lowest BCUT2D eigenvalue weighted by Crippen LogP contribution is -2.14. The van der Waals surface area contributed by atoms with Gasteiger partial charge in [-0.2, -0.15) is 10.2 Å². The molecule has 21 heavy (non-hydrogen) atoms. The molecule has 1 aliphatic rings. The lowest BCUT2D eigenvalue weighted by molar-refractivity contribution is 0.304. The molecule has 1 aromatic rings. The fourth-order valence-electron chi connectivity index (χ4n) is 3.61. The van der Waals surface area contributed by atoms with Crippen LogP contribution in [0.1, 0.15) is 95.4 Å². The third-order valence-electron chi connectivity index (χ3n) is 4.99. The maximum atomic E-state index is 4.52. The predicted octanol–water partition coefficient (Wildman–Crippen LogP) is 5.67. The van der Waals surface area contributed by atoms with Crippen LogP contribution >= 0.6 is 0 Å². The highest BCUT2D eigenvalue weighted by Crippen LogP contribution is 2.36. The first-order valence-corrected chi connectivity index (χ1v) is 9.16. The Morgan fingerprint density at radius 2 is 1.71 bits per heavy atom. The van der Waals surface area contributed by atoms with Gasteiger partial charge in [0, 0.05) is 5.92 Å². The van der Waals surface area contributed by atoms with E-state index in [1.807, 2.05) is 0 Å². The van der Waals surface area contributed by atoms with Gasteiger partial charge in [-0.3, -0.25) is 0 Å². The van der Waals surface area contributed by atoms with Gasteiger partial charge >= 0.3 is 0 Å². The summed E-state index contributed by atoms with van der Waals surface area (Å²) in [5.41, 5.74) is 2.41. The Bertz CT molecular complexity index is 377. The minimum absolute atomic E-state index is 0.666. The summed E-state index contributed by atoms with van der Waals surface area (Å²) in [5.74, 6) is 1.64. The Balaban J connectivity index is 1.77. The fourth-order valence-corrected chi connectivity index (χ4v) is 3.61. The van der Waals surface area contributed by atoms with Gasteiger partial charge in [0.15, 0.2) is 0 Å². The zero-order valence-corrected chi connectivity index (χ0v) is 14.0. The van der Waals surface area contributed by atoms with Gasteiger partial charge in [0.05, 0.1) is 11.4 Å². The number of aromatic nitrogens is 2. The summed E-state index contributed by atoms with van der Waals surface area (Å²) >= 11 is 0. The number of hydrogen-bond donors (Lipinski definition) is 0. The zero-order valence-electron chi connectivity index (χ0n) is 14.0. The summed E-state index contributed by atoms with van der Waals surface area (Å²) in [7, 11) is 0. The normalized spacial score (nSPS) is 22.4. The highest BCUT2D eigenvalue weighted by Gasteiger charge is 2.22. The third-order valence-corrected chi connectivity index (χ3v) is 4.99. The van der Waals surface area contributed by atoms with Crippen LogP contribution < -0.4 is 0 Å². The lowest BCUT2D eigenvalue weighted by atomic mass is 9.79. The van der Waals surface area contributed by atoms with E-state index in [9.17, 15) is 0 Å². The molecule has 2 heteroatoms. The van der Waals surface area contributed by atoms with Gasteiger partial charge in [-0.05, 0) is 56.6 Å². The van der Waals surface area contributed by atoms with Crippen LogP contribution in [0.5, 0.6) is 0 Å². The molecule has 0 atom stereocenters. The van der Waals surface area contributed by atoms with Gasteiger partial charge in [0.2, 0.25) is 0 Å². The molecule has 1 fully saturated rings. The summed E-state index contributed by atoms with van der Waals surface area (Å²) in [4.78, 5) is 0. The van der Waals surface area contributed by atoms with Crippen molar-refractivity contribution in [3.63, 3.8) is 0 Å². The monoisotopic (exact) mass is 288 g/mol. The SMILES string of the molecule is CCCCCCc1ccc(C2CCC(CCC)CC2)nn1. The highest BCUT2D eigenvalue weighted by molar-refractivity contribution is 5.12. The summed E-state index contributed by atoms with van der Waals surface area (Å²) < 4.78 is 0. The molecule has 0 aromatic carbocycles. The fraction of sp³-hybridized carbons (Fsp3) is 0.789. The van der Waals surface area contributed by atoms with Crippen LogP contribution in [0.15, 0.2) is 12.1 Å². The molecular formula is C19H32N2. The van der Waals surface area contributed by atoms with Crippen molar-refractivity contribution in [2.45, 2.75) is 90.4 Å². The van der Waals surface area contributed by atoms with Crippen molar-refractivity contribution in [1.82, 2.24) is 10.2 Å². The molecule has 0 N–H and O–H groups in total. The summed E-state index contributed by atoms with van der Waals surface area (Å²) in [5, 5.41) is 8.98. The largest absolute Gasteiger partial charge is 0.155 e. The van der Waals surface area contributed by atoms with Gasteiger partial charge in [-0.15, -0.1) is 0 Å². The minimum Gasteiger partial charge on any atom is -0.155 e. The maximum absolute atomic E-state index is 4.52. The second-order valence-electron chi connectivity index (χ2n) is 6.77.